The first-order valence-corrected chi connectivity index (χ1v) is 13.4. The molecule has 5 aromatic rings. The van der Waals surface area contributed by atoms with Crippen LogP contribution < -0.4 is 5.32 Å². The second kappa shape index (κ2) is 11.6. The predicted molar refractivity (Wildman–Crippen MR) is 150 cm³/mol. The summed E-state index contributed by atoms with van der Waals surface area (Å²) in [5.74, 6) is 1.06. The van der Waals surface area contributed by atoms with Gasteiger partial charge in [0, 0.05) is 59.3 Å². The number of benzene rings is 1. The molecule has 190 valence electrons. The lowest BCUT2D eigenvalue weighted by atomic mass is 9.91. The number of para-hydroxylation sites is 1. The van der Waals surface area contributed by atoms with Crippen molar-refractivity contribution in [2.24, 2.45) is 0 Å². The molecular formula is C29H31FN6S. The first-order valence-electron chi connectivity index (χ1n) is 12.7. The van der Waals surface area contributed by atoms with Crippen molar-refractivity contribution in [2.75, 3.05) is 5.32 Å². The zero-order chi connectivity index (χ0) is 25.6. The van der Waals surface area contributed by atoms with E-state index in [1.54, 1.807) is 10.7 Å². The van der Waals surface area contributed by atoms with Crippen molar-refractivity contribution in [1.82, 2.24) is 24.6 Å². The van der Waals surface area contributed by atoms with Crippen molar-refractivity contribution in [3.8, 4) is 0 Å². The number of rotatable bonds is 12. The van der Waals surface area contributed by atoms with Gasteiger partial charge in [0.1, 0.15) is 10.7 Å². The Morgan fingerprint density at radius 1 is 1.19 bits per heavy atom. The van der Waals surface area contributed by atoms with Gasteiger partial charge in [0.2, 0.25) is 0 Å². The van der Waals surface area contributed by atoms with Gasteiger partial charge in [0.25, 0.3) is 0 Å². The molecule has 4 heterocycles. The van der Waals surface area contributed by atoms with Crippen molar-refractivity contribution in [1.29, 1.82) is 0 Å². The van der Waals surface area contributed by atoms with E-state index < -0.39 is 0 Å². The van der Waals surface area contributed by atoms with Gasteiger partial charge in [0.15, 0.2) is 5.65 Å². The van der Waals surface area contributed by atoms with Crippen molar-refractivity contribution >= 4 is 40.1 Å². The average molecular weight is 515 g/mol. The lowest BCUT2D eigenvalue weighted by Gasteiger charge is -2.18. The smallest absolute Gasteiger partial charge is 0.173 e. The Morgan fingerprint density at radius 2 is 2.08 bits per heavy atom. The Labute approximate surface area is 220 Å². The molecular weight excluding hydrogens is 483 g/mol. The molecule has 0 aliphatic rings. The molecule has 0 amide bonds. The summed E-state index contributed by atoms with van der Waals surface area (Å²) in [6, 6.07) is 14.3. The zero-order valence-electron chi connectivity index (χ0n) is 21.0. The molecule has 4 aromatic heterocycles. The largest absolute Gasteiger partial charge is 0.366 e. The number of hydrogen-bond acceptors (Lipinski definition) is 5. The van der Waals surface area contributed by atoms with E-state index in [1.165, 1.54) is 17.1 Å². The van der Waals surface area contributed by atoms with Gasteiger partial charge in [-0.05, 0) is 49.0 Å². The number of hydrogen-bond donors (Lipinski definition) is 2. The number of halogens is 1. The number of aromatic nitrogens is 5. The molecule has 2 N–H and O–H groups in total. The van der Waals surface area contributed by atoms with Crippen LogP contribution in [0.1, 0.15) is 61.8 Å². The number of aromatic amines is 1. The van der Waals surface area contributed by atoms with Gasteiger partial charge in [-0.3, -0.25) is 4.98 Å². The van der Waals surface area contributed by atoms with Gasteiger partial charge in [-0.1, -0.05) is 44.2 Å². The predicted octanol–water partition coefficient (Wildman–Crippen LogP) is 7.96. The summed E-state index contributed by atoms with van der Waals surface area (Å²) in [7, 11) is 0. The molecule has 1 atom stereocenters. The number of pyridine rings is 1. The van der Waals surface area contributed by atoms with E-state index in [1.807, 2.05) is 24.4 Å². The number of fused-ring (bicyclic) bond motifs is 2. The third-order valence-electron chi connectivity index (χ3n) is 6.80. The maximum Gasteiger partial charge on any atom is 0.173 e. The van der Waals surface area contributed by atoms with Crippen molar-refractivity contribution in [3.63, 3.8) is 0 Å². The van der Waals surface area contributed by atoms with Crippen LogP contribution >= 0.6 is 12.1 Å². The maximum absolute atomic E-state index is 13.7. The molecule has 1 unspecified atom stereocenters. The van der Waals surface area contributed by atoms with Gasteiger partial charge >= 0.3 is 0 Å². The summed E-state index contributed by atoms with van der Waals surface area (Å²) in [5, 5.41) is 9.06. The molecule has 1 aromatic carbocycles. The minimum Gasteiger partial charge on any atom is -0.366 e. The monoisotopic (exact) mass is 514 g/mol. The third-order valence-corrected chi connectivity index (χ3v) is 7.25. The Hall–Kier alpha value is -3.65. The highest BCUT2D eigenvalue weighted by Gasteiger charge is 2.19. The summed E-state index contributed by atoms with van der Waals surface area (Å²) < 4.78 is 15.4. The van der Waals surface area contributed by atoms with Crippen LogP contribution in [-0.4, -0.2) is 24.6 Å². The van der Waals surface area contributed by atoms with Gasteiger partial charge in [-0.25, -0.2) is 4.98 Å². The van der Waals surface area contributed by atoms with Gasteiger partial charge in [-0.15, -0.1) is 0 Å². The number of allylic oxidation sites excluding steroid dienone is 1. The average Bonchev–Trinajstić information content (AvgIpc) is 3.56. The van der Waals surface area contributed by atoms with Crippen LogP contribution in [0.3, 0.4) is 0 Å². The highest BCUT2D eigenvalue weighted by Crippen LogP contribution is 2.33. The Balaban J connectivity index is 1.35. The minimum atomic E-state index is 0.185. The van der Waals surface area contributed by atoms with Crippen molar-refractivity contribution < 1.29 is 3.89 Å². The number of anilines is 1. The molecule has 37 heavy (non-hydrogen) atoms. The third kappa shape index (κ3) is 5.54. The normalized spacial score (nSPS) is 12.3. The van der Waals surface area contributed by atoms with E-state index >= 15 is 0 Å². The molecule has 0 fully saturated rings. The molecule has 0 saturated carbocycles. The molecule has 6 nitrogen and oxygen atoms in total. The van der Waals surface area contributed by atoms with Crippen molar-refractivity contribution in [2.45, 2.75) is 56.4 Å². The van der Waals surface area contributed by atoms with Crippen LogP contribution in [0.25, 0.3) is 22.1 Å². The SMILES string of the molecule is C=C(CCCC(CCC)c1cc(NCc2cccnc2)n2ncc(SF)c2n1)c1c[nH]c2ccccc12. The number of nitrogens with one attached hydrogen (secondary N) is 2. The first-order chi connectivity index (χ1) is 18.2. The van der Waals surface area contributed by atoms with Gasteiger partial charge in [0.05, 0.1) is 18.3 Å². The lowest BCUT2D eigenvalue weighted by molar-refractivity contribution is 0.539. The highest BCUT2D eigenvalue weighted by atomic mass is 32.2. The van der Waals surface area contributed by atoms with E-state index in [9.17, 15) is 3.89 Å². The van der Waals surface area contributed by atoms with Crippen LogP contribution in [0, 0.1) is 0 Å². The van der Waals surface area contributed by atoms with E-state index in [-0.39, 0.29) is 18.1 Å². The molecule has 0 aliphatic heterocycles. The maximum atomic E-state index is 13.7. The zero-order valence-corrected chi connectivity index (χ0v) is 21.8. The molecule has 5 rings (SSSR count). The Kier molecular flexibility index (Phi) is 7.84. The molecule has 8 heteroatoms. The topological polar surface area (TPSA) is 70.9 Å². The molecule has 0 spiro atoms. The second-order valence-corrected chi connectivity index (χ2v) is 9.93. The van der Waals surface area contributed by atoms with Crippen LogP contribution in [-0.2, 0) is 6.54 Å². The fraction of sp³-hybridized carbons (Fsp3) is 0.276. The fourth-order valence-corrected chi connectivity index (χ4v) is 5.18. The summed E-state index contributed by atoms with van der Waals surface area (Å²) >= 11 is 0.185. The van der Waals surface area contributed by atoms with Crippen LogP contribution in [0.15, 0.2) is 78.7 Å². The van der Waals surface area contributed by atoms with E-state index in [0.717, 1.165) is 60.3 Å². The number of H-pyrrole nitrogens is 1. The molecule has 0 bridgehead atoms. The summed E-state index contributed by atoms with van der Waals surface area (Å²) in [4.78, 5) is 12.9. The lowest BCUT2D eigenvalue weighted by Crippen LogP contribution is -2.10. The van der Waals surface area contributed by atoms with Crippen LogP contribution in [0.4, 0.5) is 9.70 Å². The van der Waals surface area contributed by atoms with Crippen LogP contribution in [0.5, 0.6) is 0 Å². The standard InChI is InChI=1S/C29H31FN6S/c1-3-8-22(11-6-9-20(2)24-18-32-25-13-5-4-12-23(24)25)26-15-28(33-17-21-10-7-14-31-16-21)36-29(35-26)27(37-30)19-34-36/h4-5,7,10,12-16,18-19,22,32-33H,2-3,6,8-9,11,17H2,1H3. The number of nitrogens with zero attached hydrogens (tertiary/aromatic N) is 4. The summed E-state index contributed by atoms with van der Waals surface area (Å²) in [5.41, 5.74) is 6.03. The van der Waals surface area contributed by atoms with E-state index in [0.29, 0.717) is 17.1 Å². The Morgan fingerprint density at radius 3 is 2.89 bits per heavy atom. The Bertz CT molecular complexity index is 1490. The van der Waals surface area contributed by atoms with Gasteiger partial charge < -0.3 is 10.3 Å². The molecule has 0 aliphatic carbocycles. The fourth-order valence-electron chi connectivity index (χ4n) is 4.90. The summed E-state index contributed by atoms with van der Waals surface area (Å²) in [6.45, 7) is 7.16. The van der Waals surface area contributed by atoms with Gasteiger partial charge in [-0.2, -0.15) is 13.5 Å². The molecule has 0 radical (unpaired) electrons. The van der Waals surface area contributed by atoms with Crippen LogP contribution in [0.2, 0.25) is 0 Å². The quantitative estimate of drug-likeness (QED) is 0.177. The second-order valence-electron chi connectivity index (χ2n) is 9.33. The highest BCUT2D eigenvalue weighted by molar-refractivity contribution is 7.94. The minimum absolute atomic E-state index is 0.185. The van der Waals surface area contributed by atoms with Crippen molar-refractivity contribution in [3.05, 3.63) is 90.7 Å². The molecule has 0 saturated heterocycles. The first kappa shape index (κ1) is 25.0. The van der Waals surface area contributed by atoms with E-state index in [4.69, 9.17) is 4.98 Å². The summed E-state index contributed by atoms with van der Waals surface area (Å²) in [6.07, 6.45) is 12.1. The van der Waals surface area contributed by atoms with E-state index in [2.05, 4.69) is 64.3 Å².